The van der Waals surface area contributed by atoms with E-state index in [2.05, 4.69) is 0 Å². The van der Waals surface area contributed by atoms with Crippen molar-refractivity contribution < 1.29 is 9.66 Å². The maximum atomic E-state index is 12.2. The van der Waals surface area contributed by atoms with E-state index < -0.39 is 4.92 Å². The Morgan fingerprint density at radius 3 is 1.88 bits per heavy atom. The second-order valence-electron chi connectivity index (χ2n) is 5.21. The van der Waals surface area contributed by atoms with Crippen molar-refractivity contribution in [1.29, 1.82) is 0 Å². The van der Waals surface area contributed by atoms with E-state index in [4.69, 9.17) is 0 Å². The van der Waals surface area contributed by atoms with Crippen molar-refractivity contribution in [2.75, 3.05) is 0 Å². The Hall–Kier alpha value is -3.12. The molecule has 0 aliphatic rings. The number of hydrogen-bond acceptors (Lipinski definition) is 4. The first-order valence-corrected chi connectivity index (χ1v) is 8.32. The van der Waals surface area contributed by atoms with Crippen molar-refractivity contribution in [2.24, 2.45) is 0 Å². The highest BCUT2D eigenvalue weighted by molar-refractivity contribution is 7.99. The molecule has 3 aromatic rings. The molecule has 0 saturated carbocycles. The molecule has 0 radical (unpaired) electrons. The third-order valence-corrected chi connectivity index (χ3v) is 4.46. The van der Waals surface area contributed by atoms with E-state index in [1.807, 2.05) is 42.5 Å². The monoisotopic (exact) mass is 350 g/mol. The quantitative estimate of drug-likeness (QED) is 0.213. The zero-order chi connectivity index (χ0) is 17.6. The second-order valence-corrected chi connectivity index (χ2v) is 6.36. The van der Waals surface area contributed by atoms with E-state index in [9.17, 15) is 15.3 Å². The molecule has 3 aromatic carbocycles. The highest BCUT2D eigenvalue weighted by atomic mass is 32.2. The average molecular weight is 350 g/mol. The molecule has 0 spiro atoms. The topological polar surface area (TPSA) is 69.2 Å². The third-order valence-electron chi connectivity index (χ3n) is 3.44. The van der Waals surface area contributed by atoms with Crippen LogP contribution >= 0.6 is 11.8 Å². The minimum absolute atomic E-state index is 0.00288. The van der Waals surface area contributed by atoms with Crippen LogP contribution < -0.4 is 0 Å². The number of benzene rings is 3. The van der Waals surface area contributed by atoms with Crippen LogP contribution in [0.15, 0.2) is 88.7 Å². The molecule has 124 valence electrons. The Kier molecular flexibility index (Phi) is 5.11. The minimum atomic E-state index is -0.470. The number of nitro benzene ring substituents is 1. The number of nitro groups is 1. The minimum Gasteiger partial charge on any atom is -0.618 e. The van der Waals surface area contributed by atoms with E-state index in [0.29, 0.717) is 11.3 Å². The van der Waals surface area contributed by atoms with Crippen LogP contribution in [0.3, 0.4) is 0 Å². The predicted molar refractivity (Wildman–Crippen MR) is 98.6 cm³/mol. The van der Waals surface area contributed by atoms with Crippen molar-refractivity contribution in [2.45, 2.75) is 9.79 Å². The molecular formula is C19H14N2O3S. The lowest BCUT2D eigenvalue weighted by Crippen LogP contribution is -1.99. The Morgan fingerprint density at radius 2 is 1.28 bits per heavy atom. The molecule has 3 rings (SSSR count). The maximum absolute atomic E-state index is 12.2. The van der Waals surface area contributed by atoms with E-state index in [1.165, 1.54) is 18.3 Å². The predicted octanol–water partition coefficient (Wildman–Crippen LogP) is 5.01. The zero-order valence-electron chi connectivity index (χ0n) is 13.1. The lowest BCUT2D eigenvalue weighted by atomic mass is 10.2. The van der Waals surface area contributed by atoms with Crippen molar-refractivity contribution in [1.82, 2.24) is 0 Å². The van der Waals surface area contributed by atoms with E-state index in [0.717, 1.165) is 14.5 Å². The zero-order valence-corrected chi connectivity index (χ0v) is 13.9. The summed E-state index contributed by atoms with van der Waals surface area (Å²) in [5, 5.41) is 22.9. The fourth-order valence-electron chi connectivity index (χ4n) is 2.18. The molecule has 0 N–H and O–H groups in total. The maximum Gasteiger partial charge on any atom is 0.269 e. The number of non-ortho nitro benzene ring substituents is 1. The van der Waals surface area contributed by atoms with Crippen LogP contribution in [0.1, 0.15) is 5.56 Å². The van der Waals surface area contributed by atoms with Gasteiger partial charge < -0.3 is 5.21 Å². The molecule has 0 aliphatic carbocycles. The van der Waals surface area contributed by atoms with Gasteiger partial charge in [0, 0.05) is 39.6 Å². The lowest BCUT2D eigenvalue weighted by molar-refractivity contribution is -0.384. The van der Waals surface area contributed by atoms with Crippen LogP contribution in [-0.4, -0.2) is 15.9 Å². The Morgan fingerprint density at radius 1 is 0.720 bits per heavy atom. The van der Waals surface area contributed by atoms with Gasteiger partial charge in [-0.3, -0.25) is 10.1 Å². The summed E-state index contributed by atoms with van der Waals surface area (Å²) in [7, 11) is 0. The molecule has 0 amide bonds. The molecule has 0 heterocycles. The summed E-state index contributed by atoms with van der Waals surface area (Å²) >= 11 is 1.62. The van der Waals surface area contributed by atoms with Gasteiger partial charge in [-0.2, -0.15) is 4.74 Å². The summed E-state index contributed by atoms with van der Waals surface area (Å²) in [6, 6.07) is 23.1. The second kappa shape index (κ2) is 7.63. The third kappa shape index (κ3) is 4.45. The van der Waals surface area contributed by atoms with Crippen LogP contribution in [0.2, 0.25) is 0 Å². The first-order chi connectivity index (χ1) is 12.1. The number of rotatable bonds is 5. The lowest BCUT2D eigenvalue weighted by Gasteiger charge is -2.05. The molecule has 0 fully saturated rings. The Labute approximate surface area is 149 Å². The fourth-order valence-corrected chi connectivity index (χ4v) is 3.02. The van der Waals surface area contributed by atoms with Gasteiger partial charge in [-0.1, -0.05) is 30.0 Å². The molecule has 5 nitrogen and oxygen atoms in total. The van der Waals surface area contributed by atoms with E-state index >= 15 is 0 Å². The largest absolute Gasteiger partial charge is 0.618 e. The molecule has 0 saturated heterocycles. The van der Waals surface area contributed by atoms with Gasteiger partial charge in [-0.15, -0.1) is 0 Å². The van der Waals surface area contributed by atoms with Gasteiger partial charge in [0.15, 0.2) is 6.21 Å². The first-order valence-electron chi connectivity index (χ1n) is 7.50. The summed E-state index contributed by atoms with van der Waals surface area (Å²) in [6.45, 7) is 0. The standard InChI is InChI=1S/C19H14N2O3S/c22-20(14-15-6-8-17(9-7-15)21(23)24)16-10-12-19(13-11-16)25-18-4-2-1-3-5-18/h1-14H/b20-14-. The van der Waals surface area contributed by atoms with E-state index in [1.54, 1.807) is 36.0 Å². The summed E-state index contributed by atoms with van der Waals surface area (Å²) in [5.74, 6) is 0. The molecule has 25 heavy (non-hydrogen) atoms. The van der Waals surface area contributed by atoms with Gasteiger partial charge in [0.25, 0.3) is 5.69 Å². The summed E-state index contributed by atoms with van der Waals surface area (Å²) in [6.07, 6.45) is 1.39. The van der Waals surface area contributed by atoms with Crippen molar-refractivity contribution in [3.63, 3.8) is 0 Å². The van der Waals surface area contributed by atoms with Gasteiger partial charge in [0.05, 0.1) is 4.92 Å². The Balaban J connectivity index is 1.73. The average Bonchev–Trinajstić information content (AvgIpc) is 2.63. The fraction of sp³-hybridized carbons (Fsp3) is 0. The van der Waals surface area contributed by atoms with Gasteiger partial charge >= 0.3 is 0 Å². The molecular weight excluding hydrogens is 336 g/mol. The van der Waals surface area contributed by atoms with Gasteiger partial charge in [-0.25, -0.2) is 0 Å². The normalized spacial score (nSPS) is 11.3. The summed E-state index contributed by atoms with van der Waals surface area (Å²) < 4.78 is 0.748. The highest BCUT2D eigenvalue weighted by Gasteiger charge is 2.06. The molecule has 0 atom stereocenters. The van der Waals surface area contributed by atoms with Gasteiger partial charge in [0.1, 0.15) is 0 Å². The molecule has 0 unspecified atom stereocenters. The van der Waals surface area contributed by atoms with Gasteiger partial charge in [0.2, 0.25) is 5.69 Å². The molecule has 0 bridgehead atoms. The summed E-state index contributed by atoms with van der Waals surface area (Å²) in [4.78, 5) is 12.3. The summed E-state index contributed by atoms with van der Waals surface area (Å²) in [5.41, 5.74) is 1.09. The van der Waals surface area contributed by atoms with Crippen LogP contribution in [0.25, 0.3) is 0 Å². The smallest absolute Gasteiger partial charge is 0.269 e. The highest BCUT2D eigenvalue weighted by Crippen LogP contribution is 2.28. The van der Waals surface area contributed by atoms with Crippen molar-refractivity contribution >= 4 is 29.4 Å². The van der Waals surface area contributed by atoms with Crippen molar-refractivity contribution in [3.8, 4) is 0 Å². The van der Waals surface area contributed by atoms with Crippen molar-refractivity contribution in [3.05, 3.63) is 99.7 Å². The van der Waals surface area contributed by atoms with Crippen LogP contribution in [0, 0.1) is 15.3 Å². The first kappa shape index (κ1) is 16.7. The Bertz CT molecular complexity index is 892. The molecule has 0 aliphatic heterocycles. The van der Waals surface area contributed by atoms with Gasteiger partial charge in [-0.05, 0) is 36.4 Å². The van der Waals surface area contributed by atoms with Crippen LogP contribution in [0.4, 0.5) is 11.4 Å². The van der Waals surface area contributed by atoms with Crippen LogP contribution in [-0.2, 0) is 0 Å². The SMILES string of the molecule is O=[N+]([O-])c1ccc(/C=[N+](\[O-])c2ccc(Sc3ccccc3)cc2)cc1. The number of nitrogens with zero attached hydrogens (tertiary/aromatic N) is 2. The molecule has 0 aromatic heterocycles. The van der Waals surface area contributed by atoms with E-state index in [-0.39, 0.29) is 5.69 Å². The number of hydrogen-bond donors (Lipinski definition) is 0. The van der Waals surface area contributed by atoms with Crippen LogP contribution in [0.5, 0.6) is 0 Å². The molecule has 6 heteroatoms.